The summed E-state index contributed by atoms with van der Waals surface area (Å²) in [5.41, 5.74) is 2.70. The number of benzene rings is 2. The molecule has 0 saturated carbocycles. The minimum atomic E-state index is -0.343. The van der Waals surface area contributed by atoms with Crippen LogP contribution >= 0.6 is 11.3 Å². The lowest BCUT2D eigenvalue weighted by atomic mass is 10.0. The van der Waals surface area contributed by atoms with Gasteiger partial charge in [-0.1, -0.05) is 43.7 Å². The molecule has 1 unspecified atom stereocenters. The van der Waals surface area contributed by atoms with E-state index >= 15 is 0 Å². The van der Waals surface area contributed by atoms with Crippen LogP contribution in [0.1, 0.15) is 45.7 Å². The van der Waals surface area contributed by atoms with Crippen molar-refractivity contribution in [3.8, 4) is 11.5 Å². The summed E-state index contributed by atoms with van der Waals surface area (Å²) >= 11 is 1.59. The molecule has 1 aliphatic rings. The molecule has 1 aromatic heterocycles. The zero-order chi connectivity index (χ0) is 21.6. The van der Waals surface area contributed by atoms with Crippen molar-refractivity contribution in [2.24, 2.45) is 0 Å². The maximum atomic E-state index is 12.6. The number of hydrogen-bond acceptors (Lipinski definition) is 5. The molecule has 6 nitrogen and oxygen atoms in total. The molecule has 0 spiro atoms. The summed E-state index contributed by atoms with van der Waals surface area (Å²) in [6.45, 7) is 2.18. The molecule has 0 radical (unpaired) electrons. The molecular weight excluding hydrogens is 412 g/mol. The van der Waals surface area contributed by atoms with Crippen molar-refractivity contribution in [3.63, 3.8) is 0 Å². The lowest BCUT2D eigenvalue weighted by molar-refractivity contribution is -0.120. The van der Waals surface area contributed by atoms with Gasteiger partial charge in [-0.05, 0) is 47.2 Å². The maximum absolute atomic E-state index is 12.6. The van der Waals surface area contributed by atoms with E-state index in [4.69, 9.17) is 9.47 Å². The minimum absolute atomic E-state index is 0.122. The van der Waals surface area contributed by atoms with E-state index in [9.17, 15) is 9.59 Å². The Morgan fingerprint density at radius 2 is 1.87 bits per heavy atom. The van der Waals surface area contributed by atoms with Crippen molar-refractivity contribution < 1.29 is 19.1 Å². The highest BCUT2D eigenvalue weighted by molar-refractivity contribution is 7.10. The smallest absolute Gasteiger partial charge is 0.251 e. The van der Waals surface area contributed by atoms with E-state index in [0.29, 0.717) is 17.1 Å². The Balaban J connectivity index is 1.40. The summed E-state index contributed by atoms with van der Waals surface area (Å²) in [5, 5.41) is 7.71. The van der Waals surface area contributed by atoms with Crippen molar-refractivity contribution in [2.45, 2.75) is 25.8 Å². The molecule has 7 heteroatoms. The third-order valence-corrected chi connectivity index (χ3v) is 5.97. The van der Waals surface area contributed by atoms with Gasteiger partial charge in [-0.15, -0.1) is 11.3 Å². The number of nitrogens with one attached hydrogen (secondary N) is 2. The molecule has 1 aliphatic heterocycles. The van der Waals surface area contributed by atoms with Crippen LogP contribution in [0.15, 0.2) is 60.0 Å². The van der Waals surface area contributed by atoms with Gasteiger partial charge in [0.25, 0.3) is 5.91 Å². The first-order valence-electron chi connectivity index (χ1n) is 10.2. The zero-order valence-electron chi connectivity index (χ0n) is 17.2. The van der Waals surface area contributed by atoms with Gasteiger partial charge >= 0.3 is 0 Å². The van der Waals surface area contributed by atoms with Gasteiger partial charge in [-0.25, -0.2) is 0 Å². The van der Waals surface area contributed by atoms with Crippen LogP contribution in [0.25, 0.3) is 0 Å². The first-order chi connectivity index (χ1) is 15.1. The fraction of sp³-hybridized carbons (Fsp3) is 0.250. The second kappa shape index (κ2) is 9.66. The largest absolute Gasteiger partial charge is 0.454 e. The number of aryl methyl sites for hydroxylation is 1. The van der Waals surface area contributed by atoms with Crippen LogP contribution in [-0.4, -0.2) is 25.2 Å². The van der Waals surface area contributed by atoms with Crippen LogP contribution in [0.2, 0.25) is 0 Å². The Kier molecular flexibility index (Phi) is 6.52. The van der Waals surface area contributed by atoms with E-state index in [0.717, 1.165) is 23.3 Å². The molecule has 0 bridgehead atoms. The van der Waals surface area contributed by atoms with Gasteiger partial charge in [-0.2, -0.15) is 0 Å². The molecule has 3 aromatic rings. The second-order valence-corrected chi connectivity index (χ2v) is 8.24. The molecule has 0 aliphatic carbocycles. The normalized spacial score (nSPS) is 12.9. The number of hydrogen-bond donors (Lipinski definition) is 2. The molecule has 160 valence electrons. The standard InChI is InChI=1S/C24H24N2O4S/c1-2-4-16-6-8-17(9-7-16)23(21-5-3-12-31-21)26-22(27)14-25-24(28)18-10-11-19-20(13-18)30-15-29-19/h3,5-13,23H,2,4,14-15H2,1H3,(H,25,28)(H,26,27). The van der Waals surface area contributed by atoms with E-state index in [1.165, 1.54) is 5.56 Å². The number of carbonyl (C=O) groups excluding carboxylic acids is 2. The summed E-state index contributed by atoms with van der Waals surface area (Å²) in [4.78, 5) is 26.1. The van der Waals surface area contributed by atoms with Gasteiger partial charge in [0.2, 0.25) is 12.7 Å². The SMILES string of the molecule is CCCc1ccc(C(NC(=O)CNC(=O)c2ccc3c(c2)OCO3)c2cccs2)cc1. The second-order valence-electron chi connectivity index (χ2n) is 7.26. The maximum Gasteiger partial charge on any atom is 0.251 e. The summed E-state index contributed by atoms with van der Waals surface area (Å²) < 4.78 is 10.6. The van der Waals surface area contributed by atoms with Crippen molar-refractivity contribution >= 4 is 23.2 Å². The van der Waals surface area contributed by atoms with Crippen LogP contribution in [0.3, 0.4) is 0 Å². The molecule has 4 rings (SSSR count). The first kappa shape index (κ1) is 20.9. The van der Waals surface area contributed by atoms with Crippen LogP contribution in [0.4, 0.5) is 0 Å². The van der Waals surface area contributed by atoms with E-state index in [1.807, 2.05) is 17.5 Å². The lowest BCUT2D eigenvalue weighted by Crippen LogP contribution is -2.38. The predicted molar refractivity (Wildman–Crippen MR) is 120 cm³/mol. The van der Waals surface area contributed by atoms with Gasteiger partial charge in [0.05, 0.1) is 12.6 Å². The van der Waals surface area contributed by atoms with Gasteiger partial charge in [0, 0.05) is 10.4 Å². The lowest BCUT2D eigenvalue weighted by Gasteiger charge is -2.19. The molecule has 2 N–H and O–H groups in total. The average molecular weight is 437 g/mol. The number of carbonyl (C=O) groups is 2. The highest BCUT2D eigenvalue weighted by atomic mass is 32.1. The third kappa shape index (κ3) is 5.06. The summed E-state index contributed by atoms with van der Waals surface area (Å²) in [6, 6.07) is 17.0. The van der Waals surface area contributed by atoms with Crippen LogP contribution in [-0.2, 0) is 11.2 Å². The molecule has 2 heterocycles. The van der Waals surface area contributed by atoms with Crippen LogP contribution < -0.4 is 20.1 Å². The van der Waals surface area contributed by atoms with Crippen molar-refractivity contribution in [3.05, 3.63) is 81.5 Å². The molecule has 31 heavy (non-hydrogen) atoms. The monoisotopic (exact) mass is 436 g/mol. The quantitative estimate of drug-likeness (QED) is 0.558. The van der Waals surface area contributed by atoms with Crippen molar-refractivity contribution in [1.29, 1.82) is 0 Å². The van der Waals surface area contributed by atoms with Gasteiger partial charge in [-0.3, -0.25) is 9.59 Å². The Hall–Kier alpha value is -3.32. The topological polar surface area (TPSA) is 76.7 Å². The van der Waals surface area contributed by atoms with Gasteiger partial charge in [0.1, 0.15) is 0 Å². The van der Waals surface area contributed by atoms with E-state index in [1.54, 1.807) is 29.5 Å². The molecule has 2 amide bonds. The van der Waals surface area contributed by atoms with Crippen molar-refractivity contribution in [1.82, 2.24) is 10.6 Å². The Bertz CT molecular complexity index is 1050. The highest BCUT2D eigenvalue weighted by Gasteiger charge is 2.20. The number of thiophene rings is 1. The number of rotatable bonds is 8. The summed E-state index contributed by atoms with van der Waals surface area (Å²) in [5.74, 6) is 0.537. The molecular formula is C24H24N2O4S. The molecule has 1 atom stereocenters. The molecule has 0 fully saturated rings. The van der Waals surface area contributed by atoms with E-state index < -0.39 is 0 Å². The Labute approximate surface area is 185 Å². The average Bonchev–Trinajstić information content (AvgIpc) is 3.48. The zero-order valence-corrected chi connectivity index (χ0v) is 18.0. The Morgan fingerprint density at radius 1 is 1.06 bits per heavy atom. The number of amides is 2. The van der Waals surface area contributed by atoms with E-state index in [-0.39, 0.29) is 31.2 Å². The molecule has 2 aromatic carbocycles. The van der Waals surface area contributed by atoms with Gasteiger partial charge in [0.15, 0.2) is 11.5 Å². The first-order valence-corrected chi connectivity index (χ1v) is 11.1. The molecule has 0 saturated heterocycles. The number of ether oxygens (including phenoxy) is 2. The van der Waals surface area contributed by atoms with Crippen LogP contribution in [0.5, 0.6) is 11.5 Å². The van der Waals surface area contributed by atoms with E-state index in [2.05, 4.69) is 41.8 Å². The van der Waals surface area contributed by atoms with Crippen molar-refractivity contribution in [2.75, 3.05) is 13.3 Å². The van der Waals surface area contributed by atoms with Crippen LogP contribution in [0, 0.1) is 0 Å². The highest BCUT2D eigenvalue weighted by Crippen LogP contribution is 2.32. The summed E-state index contributed by atoms with van der Waals surface area (Å²) in [7, 11) is 0. The predicted octanol–water partition coefficient (Wildman–Crippen LogP) is 4.06. The fourth-order valence-corrected chi connectivity index (χ4v) is 4.25. The fourth-order valence-electron chi connectivity index (χ4n) is 3.45. The minimum Gasteiger partial charge on any atom is -0.454 e. The van der Waals surface area contributed by atoms with Gasteiger partial charge < -0.3 is 20.1 Å². The third-order valence-electron chi connectivity index (χ3n) is 5.03. The Morgan fingerprint density at radius 3 is 2.61 bits per heavy atom. The number of fused-ring (bicyclic) bond motifs is 1. The summed E-state index contributed by atoms with van der Waals surface area (Å²) in [6.07, 6.45) is 2.12.